The number of Topliss-reactive ketones (excluding diaryl/α,β-unsaturated/α-hetero) is 3. The summed E-state index contributed by atoms with van der Waals surface area (Å²) in [5.41, 5.74) is 0. The molecular formula is C20H28O7. The van der Waals surface area contributed by atoms with Gasteiger partial charge in [0.2, 0.25) is 5.78 Å². The molecule has 0 aromatic rings. The highest BCUT2D eigenvalue weighted by atomic mass is 16.5. The van der Waals surface area contributed by atoms with Crippen LogP contribution in [0.4, 0.5) is 0 Å². The normalized spacial score (nSPS) is 19.1. The van der Waals surface area contributed by atoms with Crippen molar-refractivity contribution in [3.63, 3.8) is 0 Å². The van der Waals surface area contributed by atoms with Gasteiger partial charge in [-0.25, -0.2) is 4.79 Å². The third kappa shape index (κ3) is 7.00. The summed E-state index contributed by atoms with van der Waals surface area (Å²) in [6.07, 6.45) is 7.06. The van der Waals surface area contributed by atoms with E-state index in [0.717, 1.165) is 12.8 Å². The second-order valence-corrected chi connectivity index (χ2v) is 5.90. The molecule has 0 spiro atoms. The van der Waals surface area contributed by atoms with Crippen molar-refractivity contribution in [1.82, 2.24) is 0 Å². The average Bonchev–Trinajstić information content (AvgIpc) is 2.66. The van der Waals surface area contributed by atoms with Gasteiger partial charge in [0.15, 0.2) is 17.3 Å². The van der Waals surface area contributed by atoms with Crippen LogP contribution in [0.15, 0.2) is 23.7 Å². The number of carbonyl (C=O) groups excluding carboxylic acids is 4. The standard InChI is InChI=1S/C12H16O5.C8H12O2/c1-3-16-9-7-5-6-8(10(9)13)11(14)12(15)17-4-2;1-2-10-8-6-4-3-5-7(8)9/h7-8H,3-6H2,1-2H3;6H,2-5H2,1H3. The first-order valence-electron chi connectivity index (χ1n) is 9.40. The molecule has 0 saturated carbocycles. The van der Waals surface area contributed by atoms with Gasteiger partial charge >= 0.3 is 5.97 Å². The summed E-state index contributed by atoms with van der Waals surface area (Å²) in [5, 5.41) is 0. The molecule has 0 aromatic heterocycles. The van der Waals surface area contributed by atoms with Crippen molar-refractivity contribution < 1.29 is 33.4 Å². The van der Waals surface area contributed by atoms with E-state index >= 15 is 0 Å². The van der Waals surface area contributed by atoms with Crippen molar-refractivity contribution in [1.29, 1.82) is 0 Å². The zero-order valence-electron chi connectivity index (χ0n) is 16.2. The van der Waals surface area contributed by atoms with E-state index in [4.69, 9.17) is 9.47 Å². The highest BCUT2D eigenvalue weighted by molar-refractivity contribution is 6.39. The molecule has 7 heteroatoms. The zero-order valence-corrected chi connectivity index (χ0v) is 16.2. The van der Waals surface area contributed by atoms with Crippen LogP contribution in [0.2, 0.25) is 0 Å². The summed E-state index contributed by atoms with van der Waals surface area (Å²) in [5.74, 6) is -2.16. The minimum Gasteiger partial charge on any atom is -0.490 e. The van der Waals surface area contributed by atoms with Gasteiger partial charge in [-0.05, 0) is 58.6 Å². The Labute approximate surface area is 159 Å². The Kier molecular flexibility index (Phi) is 10.1. The second kappa shape index (κ2) is 12.0. The van der Waals surface area contributed by atoms with E-state index in [0.29, 0.717) is 38.2 Å². The van der Waals surface area contributed by atoms with Crippen LogP contribution in [0.3, 0.4) is 0 Å². The Bertz CT molecular complexity index is 616. The van der Waals surface area contributed by atoms with Crippen LogP contribution in [0.5, 0.6) is 0 Å². The average molecular weight is 380 g/mol. The predicted octanol–water partition coefficient (Wildman–Crippen LogP) is 2.68. The van der Waals surface area contributed by atoms with E-state index in [2.05, 4.69) is 4.74 Å². The number of ketones is 3. The van der Waals surface area contributed by atoms with Crippen LogP contribution in [-0.2, 0) is 33.4 Å². The lowest BCUT2D eigenvalue weighted by Crippen LogP contribution is -2.34. The quantitative estimate of drug-likeness (QED) is 0.380. The molecule has 150 valence electrons. The Morgan fingerprint density at radius 1 is 0.963 bits per heavy atom. The Hall–Kier alpha value is -2.44. The van der Waals surface area contributed by atoms with Gasteiger partial charge in [0.1, 0.15) is 0 Å². The Morgan fingerprint density at radius 3 is 2.19 bits per heavy atom. The molecule has 2 rings (SSSR count). The molecule has 0 fully saturated rings. The third-order valence-electron chi connectivity index (χ3n) is 3.95. The summed E-state index contributed by atoms with van der Waals surface area (Å²) in [4.78, 5) is 45.8. The zero-order chi connectivity index (χ0) is 20.2. The van der Waals surface area contributed by atoms with E-state index in [9.17, 15) is 19.2 Å². The highest BCUT2D eigenvalue weighted by Crippen LogP contribution is 2.22. The van der Waals surface area contributed by atoms with Crippen LogP contribution in [-0.4, -0.2) is 43.1 Å². The summed E-state index contributed by atoms with van der Waals surface area (Å²) in [6.45, 7) is 6.34. The maximum atomic E-state index is 11.8. The summed E-state index contributed by atoms with van der Waals surface area (Å²) in [7, 11) is 0. The van der Waals surface area contributed by atoms with Gasteiger partial charge in [-0.15, -0.1) is 0 Å². The maximum absolute atomic E-state index is 11.8. The number of hydrogen-bond donors (Lipinski definition) is 0. The van der Waals surface area contributed by atoms with Crippen molar-refractivity contribution in [2.24, 2.45) is 5.92 Å². The number of hydrogen-bond acceptors (Lipinski definition) is 7. The van der Waals surface area contributed by atoms with Crippen molar-refractivity contribution in [3.8, 4) is 0 Å². The molecule has 2 aliphatic rings. The minimum atomic E-state index is -0.944. The first kappa shape index (κ1) is 22.6. The van der Waals surface area contributed by atoms with Gasteiger partial charge in [0, 0.05) is 6.42 Å². The van der Waals surface area contributed by atoms with Crippen LogP contribution < -0.4 is 0 Å². The Balaban J connectivity index is 0.000000309. The van der Waals surface area contributed by atoms with Gasteiger partial charge in [-0.3, -0.25) is 14.4 Å². The molecule has 0 aromatic carbocycles. The molecule has 0 N–H and O–H groups in total. The van der Waals surface area contributed by atoms with Gasteiger partial charge in [0.05, 0.1) is 25.7 Å². The van der Waals surface area contributed by atoms with Gasteiger partial charge in [-0.2, -0.15) is 0 Å². The smallest absolute Gasteiger partial charge is 0.375 e. The van der Waals surface area contributed by atoms with Crippen LogP contribution in [0.25, 0.3) is 0 Å². The fourth-order valence-electron chi connectivity index (χ4n) is 2.69. The maximum Gasteiger partial charge on any atom is 0.375 e. The molecule has 0 bridgehead atoms. The van der Waals surface area contributed by atoms with Gasteiger partial charge in [0.25, 0.3) is 5.78 Å². The highest BCUT2D eigenvalue weighted by Gasteiger charge is 2.36. The first-order chi connectivity index (χ1) is 13.0. The molecule has 1 atom stereocenters. The lowest BCUT2D eigenvalue weighted by atomic mass is 9.88. The monoisotopic (exact) mass is 380 g/mol. The fourth-order valence-corrected chi connectivity index (χ4v) is 2.69. The van der Waals surface area contributed by atoms with E-state index < -0.39 is 23.5 Å². The number of rotatable bonds is 7. The van der Waals surface area contributed by atoms with Crippen molar-refractivity contribution in [2.45, 2.75) is 52.9 Å². The van der Waals surface area contributed by atoms with Gasteiger partial charge in [-0.1, -0.05) is 0 Å². The number of carbonyl (C=O) groups is 4. The summed E-state index contributed by atoms with van der Waals surface area (Å²) < 4.78 is 14.8. The van der Waals surface area contributed by atoms with Crippen molar-refractivity contribution in [2.75, 3.05) is 19.8 Å². The lowest BCUT2D eigenvalue weighted by Gasteiger charge is -2.19. The van der Waals surface area contributed by atoms with Crippen LogP contribution in [0.1, 0.15) is 52.9 Å². The van der Waals surface area contributed by atoms with Crippen molar-refractivity contribution in [3.05, 3.63) is 23.7 Å². The molecule has 2 aliphatic carbocycles. The molecule has 1 unspecified atom stereocenters. The van der Waals surface area contributed by atoms with E-state index in [1.807, 2.05) is 13.0 Å². The number of allylic oxidation sites excluding steroid dienone is 4. The molecule has 0 heterocycles. The number of esters is 1. The fraction of sp³-hybridized carbons (Fsp3) is 0.600. The molecule has 0 aliphatic heterocycles. The number of ether oxygens (including phenoxy) is 3. The SMILES string of the molecule is CCOC(=O)C(=O)C1CCC=C(OCC)C1=O.CCOC1=CCCCC1=O. The van der Waals surface area contributed by atoms with E-state index in [-0.39, 0.29) is 18.1 Å². The second-order valence-electron chi connectivity index (χ2n) is 5.90. The Morgan fingerprint density at radius 2 is 1.59 bits per heavy atom. The van der Waals surface area contributed by atoms with Crippen molar-refractivity contribution >= 4 is 23.3 Å². The summed E-state index contributed by atoms with van der Waals surface area (Å²) in [6, 6.07) is 0. The molecule has 0 amide bonds. The predicted molar refractivity (Wildman–Crippen MR) is 97.6 cm³/mol. The molecule has 0 radical (unpaired) electrons. The van der Waals surface area contributed by atoms with Crippen LogP contribution >= 0.6 is 0 Å². The molecule has 0 saturated heterocycles. The minimum absolute atomic E-state index is 0.125. The molecular weight excluding hydrogens is 352 g/mol. The first-order valence-corrected chi connectivity index (χ1v) is 9.40. The topological polar surface area (TPSA) is 96.0 Å². The molecule has 27 heavy (non-hydrogen) atoms. The lowest BCUT2D eigenvalue weighted by molar-refractivity contribution is -0.157. The largest absolute Gasteiger partial charge is 0.490 e. The van der Waals surface area contributed by atoms with E-state index in [1.165, 1.54) is 0 Å². The third-order valence-corrected chi connectivity index (χ3v) is 3.95. The van der Waals surface area contributed by atoms with Gasteiger partial charge < -0.3 is 14.2 Å². The summed E-state index contributed by atoms with van der Waals surface area (Å²) >= 11 is 0. The van der Waals surface area contributed by atoms with E-state index in [1.54, 1.807) is 19.9 Å². The molecule has 7 nitrogen and oxygen atoms in total. The van der Waals surface area contributed by atoms with Crippen LogP contribution in [0, 0.1) is 5.92 Å².